The Labute approximate surface area is 115 Å². The number of benzene rings is 2. The van der Waals surface area contributed by atoms with Crippen molar-refractivity contribution in [3.05, 3.63) is 60.2 Å². The highest BCUT2D eigenvalue weighted by Crippen LogP contribution is 2.24. The van der Waals surface area contributed by atoms with E-state index in [1.165, 1.54) is 5.56 Å². The molecule has 0 aliphatic heterocycles. The minimum Gasteiger partial charge on any atom is -0.457 e. The van der Waals surface area contributed by atoms with E-state index in [4.69, 9.17) is 4.74 Å². The maximum absolute atomic E-state index is 5.85. The second kappa shape index (κ2) is 6.95. The molecule has 0 saturated heterocycles. The van der Waals surface area contributed by atoms with Gasteiger partial charge in [-0.25, -0.2) is 0 Å². The monoisotopic (exact) mass is 255 g/mol. The predicted molar refractivity (Wildman–Crippen MR) is 79.7 cm³/mol. The fourth-order valence-electron chi connectivity index (χ4n) is 1.95. The predicted octanol–water partition coefficient (Wildman–Crippen LogP) is 4.54. The SMILES string of the molecule is CCCNC(C)c1cccc(Oc2ccccc2)c1. The Morgan fingerprint density at radius 2 is 1.74 bits per heavy atom. The van der Waals surface area contributed by atoms with Gasteiger partial charge in [-0.3, -0.25) is 0 Å². The van der Waals surface area contributed by atoms with Gasteiger partial charge in [-0.2, -0.15) is 0 Å². The van der Waals surface area contributed by atoms with Crippen LogP contribution in [0.15, 0.2) is 54.6 Å². The van der Waals surface area contributed by atoms with Gasteiger partial charge in [0.25, 0.3) is 0 Å². The van der Waals surface area contributed by atoms with Crippen LogP contribution in [0.1, 0.15) is 31.9 Å². The van der Waals surface area contributed by atoms with Crippen LogP contribution in [-0.2, 0) is 0 Å². The molecule has 0 spiro atoms. The van der Waals surface area contributed by atoms with E-state index in [9.17, 15) is 0 Å². The van der Waals surface area contributed by atoms with Crippen molar-refractivity contribution in [2.75, 3.05) is 6.54 Å². The van der Waals surface area contributed by atoms with Crippen molar-refractivity contribution in [3.63, 3.8) is 0 Å². The third kappa shape index (κ3) is 4.11. The van der Waals surface area contributed by atoms with Crippen LogP contribution in [0.2, 0.25) is 0 Å². The van der Waals surface area contributed by atoms with Crippen molar-refractivity contribution >= 4 is 0 Å². The summed E-state index contributed by atoms with van der Waals surface area (Å²) in [6.45, 7) is 5.39. The number of ether oxygens (including phenoxy) is 1. The molecule has 1 unspecified atom stereocenters. The second-order valence-electron chi connectivity index (χ2n) is 4.66. The molecule has 0 aromatic heterocycles. The molecule has 0 saturated carbocycles. The number of hydrogen-bond acceptors (Lipinski definition) is 2. The zero-order valence-corrected chi connectivity index (χ0v) is 11.6. The molecule has 2 heteroatoms. The van der Waals surface area contributed by atoms with Gasteiger partial charge >= 0.3 is 0 Å². The lowest BCUT2D eigenvalue weighted by Crippen LogP contribution is -2.19. The quantitative estimate of drug-likeness (QED) is 0.818. The Bertz CT molecular complexity index is 496. The normalized spacial score (nSPS) is 12.1. The number of para-hydroxylation sites is 1. The van der Waals surface area contributed by atoms with E-state index in [1.54, 1.807) is 0 Å². The van der Waals surface area contributed by atoms with Gasteiger partial charge in [0.05, 0.1) is 0 Å². The smallest absolute Gasteiger partial charge is 0.127 e. The van der Waals surface area contributed by atoms with E-state index in [2.05, 4.69) is 31.3 Å². The van der Waals surface area contributed by atoms with Crippen molar-refractivity contribution in [2.24, 2.45) is 0 Å². The standard InChI is InChI=1S/C17H21NO/c1-3-12-18-14(2)15-8-7-11-17(13-15)19-16-9-5-4-6-10-16/h4-11,13-14,18H,3,12H2,1-2H3. The van der Waals surface area contributed by atoms with Crippen molar-refractivity contribution in [3.8, 4) is 11.5 Å². The van der Waals surface area contributed by atoms with Crippen molar-refractivity contribution < 1.29 is 4.74 Å². The van der Waals surface area contributed by atoms with Gasteiger partial charge < -0.3 is 10.1 Å². The first kappa shape index (κ1) is 13.6. The van der Waals surface area contributed by atoms with Crippen molar-refractivity contribution in [1.29, 1.82) is 0 Å². The summed E-state index contributed by atoms with van der Waals surface area (Å²) < 4.78 is 5.85. The largest absolute Gasteiger partial charge is 0.457 e. The van der Waals surface area contributed by atoms with Crippen LogP contribution in [0, 0.1) is 0 Å². The van der Waals surface area contributed by atoms with Gasteiger partial charge in [-0.1, -0.05) is 37.3 Å². The molecular weight excluding hydrogens is 234 g/mol. The maximum atomic E-state index is 5.85. The molecule has 0 amide bonds. The molecule has 0 radical (unpaired) electrons. The van der Waals surface area contributed by atoms with E-state index in [-0.39, 0.29) is 0 Å². The third-order valence-corrected chi connectivity index (χ3v) is 3.04. The van der Waals surface area contributed by atoms with Gasteiger partial charge in [0.1, 0.15) is 11.5 Å². The second-order valence-corrected chi connectivity index (χ2v) is 4.66. The molecule has 0 fully saturated rings. The molecule has 1 atom stereocenters. The molecule has 0 aliphatic carbocycles. The Hall–Kier alpha value is -1.80. The molecule has 1 N–H and O–H groups in total. The Kier molecular flexibility index (Phi) is 4.99. The molecule has 0 heterocycles. The fraction of sp³-hybridized carbons (Fsp3) is 0.294. The van der Waals surface area contributed by atoms with Crippen LogP contribution in [0.25, 0.3) is 0 Å². The molecule has 2 aromatic carbocycles. The lowest BCUT2D eigenvalue weighted by Gasteiger charge is -2.15. The summed E-state index contributed by atoms with van der Waals surface area (Å²) in [6.07, 6.45) is 1.14. The first-order valence-corrected chi connectivity index (χ1v) is 6.86. The highest BCUT2D eigenvalue weighted by atomic mass is 16.5. The van der Waals surface area contributed by atoms with Crippen molar-refractivity contribution in [1.82, 2.24) is 5.32 Å². The molecular formula is C17H21NO. The summed E-state index contributed by atoms with van der Waals surface area (Å²) in [5, 5.41) is 3.48. The van der Waals surface area contributed by atoms with Crippen molar-refractivity contribution in [2.45, 2.75) is 26.3 Å². The van der Waals surface area contributed by atoms with Gasteiger partial charge in [0, 0.05) is 6.04 Å². The highest BCUT2D eigenvalue weighted by molar-refractivity contribution is 5.34. The first-order chi connectivity index (χ1) is 9.29. The average Bonchev–Trinajstić information content (AvgIpc) is 2.46. The van der Waals surface area contributed by atoms with Crippen LogP contribution >= 0.6 is 0 Å². The maximum Gasteiger partial charge on any atom is 0.127 e. The summed E-state index contributed by atoms with van der Waals surface area (Å²) in [7, 11) is 0. The zero-order valence-electron chi connectivity index (χ0n) is 11.6. The summed E-state index contributed by atoms with van der Waals surface area (Å²) in [5.41, 5.74) is 1.25. The van der Waals surface area contributed by atoms with Crippen LogP contribution in [-0.4, -0.2) is 6.54 Å². The summed E-state index contributed by atoms with van der Waals surface area (Å²) in [4.78, 5) is 0. The van der Waals surface area contributed by atoms with Crippen LogP contribution in [0.5, 0.6) is 11.5 Å². The lowest BCUT2D eigenvalue weighted by atomic mass is 10.1. The Morgan fingerprint density at radius 1 is 1.00 bits per heavy atom. The van der Waals surface area contributed by atoms with Gasteiger partial charge in [-0.05, 0) is 49.7 Å². The summed E-state index contributed by atoms with van der Waals surface area (Å²) in [5.74, 6) is 1.75. The molecule has 19 heavy (non-hydrogen) atoms. The van der Waals surface area contributed by atoms with Crippen LogP contribution < -0.4 is 10.1 Å². The number of hydrogen-bond donors (Lipinski definition) is 1. The first-order valence-electron chi connectivity index (χ1n) is 6.86. The summed E-state index contributed by atoms with van der Waals surface area (Å²) >= 11 is 0. The highest BCUT2D eigenvalue weighted by Gasteiger charge is 2.05. The third-order valence-electron chi connectivity index (χ3n) is 3.04. The van der Waals surface area contributed by atoms with E-state index in [0.717, 1.165) is 24.5 Å². The molecule has 0 bridgehead atoms. The topological polar surface area (TPSA) is 21.3 Å². The van der Waals surface area contributed by atoms with Gasteiger partial charge in [0.15, 0.2) is 0 Å². The average molecular weight is 255 g/mol. The van der Waals surface area contributed by atoms with Crippen LogP contribution in [0.4, 0.5) is 0 Å². The van der Waals surface area contributed by atoms with Gasteiger partial charge in [-0.15, -0.1) is 0 Å². The lowest BCUT2D eigenvalue weighted by molar-refractivity contribution is 0.479. The Morgan fingerprint density at radius 3 is 2.47 bits per heavy atom. The summed E-state index contributed by atoms with van der Waals surface area (Å²) in [6, 6.07) is 18.5. The minimum absolute atomic E-state index is 0.347. The molecule has 2 aromatic rings. The van der Waals surface area contributed by atoms with Crippen LogP contribution in [0.3, 0.4) is 0 Å². The molecule has 2 nitrogen and oxygen atoms in total. The fourth-order valence-corrected chi connectivity index (χ4v) is 1.95. The number of rotatable bonds is 6. The minimum atomic E-state index is 0.347. The Balaban J connectivity index is 2.06. The molecule has 100 valence electrons. The van der Waals surface area contributed by atoms with E-state index in [1.807, 2.05) is 42.5 Å². The van der Waals surface area contributed by atoms with E-state index >= 15 is 0 Å². The molecule has 2 rings (SSSR count). The zero-order chi connectivity index (χ0) is 13.5. The van der Waals surface area contributed by atoms with E-state index in [0.29, 0.717) is 6.04 Å². The molecule has 0 aliphatic rings. The van der Waals surface area contributed by atoms with E-state index < -0.39 is 0 Å². The van der Waals surface area contributed by atoms with Gasteiger partial charge in [0.2, 0.25) is 0 Å². The number of nitrogens with one attached hydrogen (secondary N) is 1.